The van der Waals surface area contributed by atoms with E-state index in [1.165, 1.54) is 25.4 Å². The van der Waals surface area contributed by atoms with Crippen LogP contribution in [0.3, 0.4) is 0 Å². The van der Waals surface area contributed by atoms with Crippen molar-refractivity contribution in [3.8, 4) is 0 Å². The summed E-state index contributed by atoms with van der Waals surface area (Å²) in [6.07, 6.45) is 1.00. The molecule has 20 heavy (non-hydrogen) atoms. The Balaban J connectivity index is 2.15. The smallest absolute Gasteiger partial charge is 0.358 e. The van der Waals surface area contributed by atoms with Gasteiger partial charge in [0.05, 0.1) is 13.7 Å². The van der Waals surface area contributed by atoms with Crippen LogP contribution in [-0.2, 0) is 9.47 Å². The Morgan fingerprint density at radius 2 is 2.30 bits per heavy atom. The van der Waals surface area contributed by atoms with E-state index in [0.717, 1.165) is 19.6 Å². The Kier molecular flexibility index (Phi) is 4.72. The van der Waals surface area contributed by atoms with Crippen molar-refractivity contribution in [3.05, 3.63) is 10.6 Å². The van der Waals surface area contributed by atoms with Crippen molar-refractivity contribution in [1.82, 2.24) is 4.98 Å². The lowest BCUT2D eigenvalue weighted by Crippen LogP contribution is -2.26. The van der Waals surface area contributed by atoms with Crippen molar-refractivity contribution in [2.24, 2.45) is 5.92 Å². The number of aromatic nitrogens is 1. The molecule has 1 aliphatic rings. The Labute approximate surface area is 121 Å². The Morgan fingerprint density at radius 1 is 1.55 bits per heavy atom. The van der Waals surface area contributed by atoms with Gasteiger partial charge >= 0.3 is 5.97 Å². The predicted octanol–water partition coefficient (Wildman–Crippen LogP) is 1.97. The van der Waals surface area contributed by atoms with Gasteiger partial charge in [-0.2, -0.15) is 0 Å². The van der Waals surface area contributed by atoms with Gasteiger partial charge in [-0.1, -0.05) is 11.3 Å². The predicted molar refractivity (Wildman–Crippen MR) is 75.5 cm³/mol. The van der Waals surface area contributed by atoms with Crippen LogP contribution < -0.4 is 5.32 Å². The van der Waals surface area contributed by atoms with E-state index < -0.39 is 5.97 Å². The van der Waals surface area contributed by atoms with Crippen molar-refractivity contribution < 1.29 is 19.1 Å². The van der Waals surface area contributed by atoms with Crippen LogP contribution in [0.1, 0.15) is 40.4 Å². The number of ether oxygens (including phenoxy) is 2. The van der Waals surface area contributed by atoms with Gasteiger partial charge in [-0.3, -0.25) is 4.79 Å². The maximum absolute atomic E-state index is 11.6. The van der Waals surface area contributed by atoms with Gasteiger partial charge in [0.15, 0.2) is 16.6 Å². The molecular weight excluding hydrogens is 280 g/mol. The number of esters is 1. The second kappa shape index (κ2) is 6.32. The van der Waals surface area contributed by atoms with Crippen LogP contribution >= 0.6 is 11.3 Å². The number of thiazole rings is 1. The fraction of sp³-hybridized carbons (Fsp3) is 0.615. The van der Waals surface area contributed by atoms with E-state index in [0.29, 0.717) is 15.9 Å². The largest absolute Gasteiger partial charge is 0.464 e. The quantitative estimate of drug-likeness (QED) is 0.661. The molecule has 6 nitrogen and oxygen atoms in total. The Hall–Kier alpha value is -1.47. The number of methoxy groups -OCH3 is 1. The number of carbonyl (C=O) groups excluding carboxylic acids is 2. The lowest BCUT2D eigenvalue weighted by atomic mass is 10.0. The molecule has 7 heteroatoms. The molecule has 0 aliphatic carbocycles. The molecule has 2 unspecified atom stereocenters. The van der Waals surface area contributed by atoms with Gasteiger partial charge in [-0.05, 0) is 13.3 Å². The van der Waals surface area contributed by atoms with E-state index in [2.05, 4.69) is 15.0 Å². The first-order chi connectivity index (χ1) is 9.52. The highest BCUT2D eigenvalue weighted by molar-refractivity contribution is 7.17. The Bertz CT molecular complexity index is 508. The second-order valence-corrected chi connectivity index (χ2v) is 5.80. The van der Waals surface area contributed by atoms with Crippen molar-refractivity contribution in [2.45, 2.75) is 26.3 Å². The summed E-state index contributed by atoms with van der Waals surface area (Å²) in [6.45, 7) is 4.97. The summed E-state index contributed by atoms with van der Waals surface area (Å²) in [7, 11) is 1.27. The number of anilines is 1. The standard InChI is InChI=1S/C13H18N2O4S/c1-7(9-4-5-19-6-9)14-13-15-10(12(17)18-3)11(20-13)8(2)16/h7,9H,4-6H2,1-3H3,(H,14,15). The molecule has 110 valence electrons. The van der Waals surface area contributed by atoms with Crippen LogP contribution in [0.4, 0.5) is 5.13 Å². The zero-order chi connectivity index (χ0) is 14.7. The Morgan fingerprint density at radius 3 is 2.85 bits per heavy atom. The number of hydrogen-bond donors (Lipinski definition) is 1. The van der Waals surface area contributed by atoms with Crippen molar-refractivity contribution >= 4 is 28.2 Å². The summed E-state index contributed by atoms with van der Waals surface area (Å²) < 4.78 is 10.0. The van der Waals surface area contributed by atoms with E-state index >= 15 is 0 Å². The third-order valence-electron chi connectivity index (χ3n) is 3.35. The molecule has 2 atom stereocenters. The fourth-order valence-electron chi connectivity index (χ4n) is 2.12. The molecule has 1 saturated heterocycles. The lowest BCUT2D eigenvalue weighted by molar-refractivity contribution is 0.0591. The molecule has 0 radical (unpaired) electrons. The van der Waals surface area contributed by atoms with Gasteiger partial charge in [0.1, 0.15) is 4.88 Å². The third kappa shape index (κ3) is 3.16. The minimum Gasteiger partial charge on any atom is -0.464 e. The summed E-state index contributed by atoms with van der Waals surface area (Å²) >= 11 is 1.19. The highest BCUT2D eigenvalue weighted by atomic mass is 32.1. The molecule has 0 saturated carbocycles. The number of nitrogens with one attached hydrogen (secondary N) is 1. The summed E-state index contributed by atoms with van der Waals surface area (Å²) in [6, 6.07) is 0.175. The molecular formula is C13H18N2O4S. The zero-order valence-electron chi connectivity index (χ0n) is 11.8. The summed E-state index contributed by atoms with van der Waals surface area (Å²) in [5, 5.41) is 3.81. The SMILES string of the molecule is COC(=O)c1nc(NC(C)C2CCOC2)sc1C(C)=O. The number of Topliss-reactive ketones (excluding diaryl/α,β-unsaturated/α-hetero) is 1. The van der Waals surface area contributed by atoms with Crippen LogP contribution in [0.5, 0.6) is 0 Å². The highest BCUT2D eigenvalue weighted by Crippen LogP contribution is 2.27. The van der Waals surface area contributed by atoms with E-state index in [9.17, 15) is 9.59 Å². The summed E-state index contributed by atoms with van der Waals surface area (Å²) in [5.41, 5.74) is 0.0855. The number of ketones is 1. The lowest BCUT2D eigenvalue weighted by Gasteiger charge is -2.18. The molecule has 1 aromatic rings. The maximum atomic E-state index is 11.6. The van der Waals surface area contributed by atoms with Crippen molar-refractivity contribution in [2.75, 3.05) is 25.6 Å². The first kappa shape index (κ1) is 14.9. The van der Waals surface area contributed by atoms with E-state index in [4.69, 9.17) is 4.74 Å². The minimum atomic E-state index is -0.587. The van der Waals surface area contributed by atoms with Gasteiger partial charge in [0, 0.05) is 25.5 Å². The number of rotatable bonds is 5. The first-order valence-corrected chi connectivity index (χ1v) is 7.29. The van der Waals surface area contributed by atoms with Crippen molar-refractivity contribution in [3.63, 3.8) is 0 Å². The van der Waals surface area contributed by atoms with Gasteiger partial charge in [-0.25, -0.2) is 9.78 Å². The molecule has 0 bridgehead atoms. The average Bonchev–Trinajstić information content (AvgIpc) is 3.06. The molecule has 0 spiro atoms. The minimum absolute atomic E-state index is 0.0855. The van der Waals surface area contributed by atoms with E-state index in [-0.39, 0.29) is 17.5 Å². The van der Waals surface area contributed by atoms with Gasteiger partial charge in [-0.15, -0.1) is 0 Å². The van der Waals surface area contributed by atoms with Crippen LogP contribution in [0.15, 0.2) is 0 Å². The molecule has 0 amide bonds. The van der Waals surface area contributed by atoms with Crippen LogP contribution in [0.2, 0.25) is 0 Å². The maximum Gasteiger partial charge on any atom is 0.358 e. The number of carbonyl (C=O) groups is 2. The fourth-order valence-corrected chi connectivity index (χ4v) is 3.06. The van der Waals surface area contributed by atoms with Gasteiger partial charge in [0.2, 0.25) is 0 Å². The van der Waals surface area contributed by atoms with E-state index in [1.54, 1.807) is 0 Å². The first-order valence-electron chi connectivity index (χ1n) is 6.47. The average molecular weight is 298 g/mol. The monoisotopic (exact) mass is 298 g/mol. The van der Waals surface area contributed by atoms with Crippen LogP contribution in [0.25, 0.3) is 0 Å². The van der Waals surface area contributed by atoms with Gasteiger partial charge < -0.3 is 14.8 Å². The molecule has 1 aromatic heterocycles. The molecule has 1 fully saturated rings. The third-order valence-corrected chi connectivity index (χ3v) is 4.44. The van der Waals surface area contributed by atoms with Gasteiger partial charge in [0.25, 0.3) is 0 Å². The highest BCUT2D eigenvalue weighted by Gasteiger charge is 2.26. The summed E-state index contributed by atoms with van der Waals surface area (Å²) in [5.74, 6) is -0.356. The molecule has 2 heterocycles. The van der Waals surface area contributed by atoms with Crippen LogP contribution in [0, 0.1) is 5.92 Å². The number of hydrogen-bond acceptors (Lipinski definition) is 7. The molecule has 1 N–H and O–H groups in total. The molecule has 0 aromatic carbocycles. The topological polar surface area (TPSA) is 77.5 Å². The van der Waals surface area contributed by atoms with E-state index in [1.807, 2.05) is 6.92 Å². The number of nitrogens with zero attached hydrogens (tertiary/aromatic N) is 1. The zero-order valence-corrected chi connectivity index (χ0v) is 12.6. The molecule has 2 rings (SSSR count). The molecule has 1 aliphatic heterocycles. The van der Waals surface area contributed by atoms with Crippen molar-refractivity contribution in [1.29, 1.82) is 0 Å². The second-order valence-electron chi connectivity index (χ2n) is 4.80. The normalized spacial score (nSPS) is 19.6. The summed E-state index contributed by atoms with van der Waals surface area (Å²) in [4.78, 5) is 27.7. The van der Waals surface area contributed by atoms with Crippen LogP contribution in [-0.4, -0.2) is 43.1 Å².